The van der Waals surface area contributed by atoms with Crippen LogP contribution in [0.15, 0.2) is 24.3 Å². The second-order valence-corrected chi connectivity index (χ2v) is 6.46. The van der Waals surface area contributed by atoms with Crippen molar-refractivity contribution >= 4 is 11.9 Å². The van der Waals surface area contributed by atoms with Gasteiger partial charge >= 0.3 is 5.97 Å². The van der Waals surface area contributed by atoms with Gasteiger partial charge < -0.3 is 15.4 Å². The van der Waals surface area contributed by atoms with E-state index in [0.717, 1.165) is 18.4 Å². The summed E-state index contributed by atoms with van der Waals surface area (Å²) in [6, 6.07) is 5.94. The lowest BCUT2D eigenvalue weighted by Gasteiger charge is -2.30. The van der Waals surface area contributed by atoms with Crippen molar-refractivity contribution < 1.29 is 23.1 Å². The molecule has 1 saturated carbocycles. The van der Waals surface area contributed by atoms with Crippen LogP contribution >= 0.6 is 0 Å². The van der Waals surface area contributed by atoms with Gasteiger partial charge in [0, 0.05) is 19.4 Å². The topological polar surface area (TPSA) is 67.4 Å². The van der Waals surface area contributed by atoms with E-state index in [0.29, 0.717) is 5.56 Å². The van der Waals surface area contributed by atoms with Gasteiger partial charge in [-0.25, -0.2) is 13.6 Å². The van der Waals surface area contributed by atoms with Gasteiger partial charge in [-0.3, -0.25) is 4.79 Å². The summed E-state index contributed by atoms with van der Waals surface area (Å²) in [6.45, 7) is 0.131. The predicted octanol–water partition coefficient (Wildman–Crippen LogP) is 1.97. The normalized spacial score (nSPS) is 24.0. The van der Waals surface area contributed by atoms with Gasteiger partial charge in [-0.1, -0.05) is 12.1 Å². The molecule has 1 heterocycles. The maximum Gasteiger partial charge on any atom is 0.337 e. The van der Waals surface area contributed by atoms with Gasteiger partial charge in [0.05, 0.1) is 24.3 Å². The van der Waals surface area contributed by atoms with Crippen molar-refractivity contribution in [3.05, 3.63) is 35.4 Å². The van der Waals surface area contributed by atoms with Crippen LogP contribution in [0.3, 0.4) is 0 Å². The van der Waals surface area contributed by atoms with Crippen LogP contribution in [0, 0.1) is 0 Å². The number of hydrogen-bond donors (Lipinski definition) is 2. The molecular formula is C17H20F2N2O3. The molecule has 1 aromatic carbocycles. The first-order chi connectivity index (χ1) is 11.4. The van der Waals surface area contributed by atoms with Gasteiger partial charge in [0.25, 0.3) is 5.92 Å². The van der Waals surface area contributed by atoms with Crippen molar-refractivity contribution in [2.24, 2.45) is 0 Å². The van der Waals surface area contributed by atoms with Gasteiger partial charge in [0.15, 0.2) is 0 Å². The van der Waals surface area contributed by atoms with E-state index in [1.165, 1.54) is 7.11 Å². The van der Waals surface area contributed by atoms with Gasteiger partial charge in [-0.15, -0.1) is 0 Å². The largest absolute Gasteiger partial charge is 0.465 e. The summed E-state index contributed by atoms with van der Waals surface area (Å²) in [5, 5.41) is 5.76. The molecule has 2 fully saturated rings. The zero-order valence-electron chi connectivity index (χ0n) is 13.4. The second-order valence-electron chi connectivity index (χ2n) is 6.46. The number of nitrogens with one attached hydrogen (secondary N) is 2. The molecule has 3 rings (SSSR count). The average molecular weight is 338 g/mol. The quantitative estimate of drug-likeness (QED) is 0.824. The Morgan fingerprint density at radius 1 is 1.21 bits per heavy atom. The van der Waals surface area contributed by atoms with Crippen LogP contribution < -0.4 is 10.6 Å². The molecule has 130 valence electrons. The Labute approximate surface area is 138 Å². The van der Waals surface area contributed by atoms with E-state index >= 15 is 0 Å². The Hall–Kier alpha value is -2.02. The van der Waals surface area contributed by atoms with Gasteiger partial charge in [0.1, 0.15) is 0 Å². The minimum absolute atomic E-state index is 0.131. The molecule has 2 N–H and O–H groups in total. The van der Waals surface area contributed by atoms with Crippen molar-refractivity contribution in [2.45, 2.75) is 43.2 Å². The maximum absolute atomic E-state index is 13.5. The Balaban J connectivity index is 1.68. The Kier molecular flexibility index (Phi) is 4.29. The smallest absolute Gasteiger partial charge is 0.337 e. The minimum atomic E-state index is -2.80. The number of hydrogen-bond acceptors (Lipinski definition) is 4. The van der Waals surface area contributed by atoms with Gasteiger partial charge in [-0.05, 0) is 30.5 Å². The third-order valence-electron chi connectivity index (χ3n) is 4.67. The fourth-order valence-corrected chi connectivity index (χ4v) is 3.06. The highest BCUT2D eigenvalue weighted by Gasteiger charge is 2.48. The van der Waals surface area contributed by atoms with Crippen LogP contribution in [0.1, 0.15) is 41.6 Å². The number of alkyl halides is 2. The lowest BCUT2D eigenvalue weighted by Crippen LogP contribution is -2.53. The summed E-state index contributed by atoms with van der Waals surface area (Å²) >= 11 is 0. The lowest BCUT2D eigenvalue weighted by molar-refractivity contribution is -0.129. The number of amides is 1. The zero-order valence-corrected chi connectivity index (χ0v) is 13.4. The molecule has 1 aliphatic heterocycles. The molecular weight excluding hydrogens is 318 g/mol. The molecule has 0 spiro atoms. The fourth-order valence-electron chi connectivity index (χ4n) is 3.06. The number of ether oxygens (including phenoxy) is 1. The highest BCUT2D eigenvalue weighted by Crippen LogP contribution is 2.45. The Morgan fingerprint density at radius 3 is 2.42 bits per heavy atom. The van der Waals surface area contributed by atoms with E-state index in [2.05, 4.69) is 15.4 Å². The Bertz CT molecular complexity index is 642. The number of methoxy groups -OCH3 is 1. The van der Waals surface area contributed by atoms with Gasteiger partial charge in [-0.2, -0.15) is 0 Å². The van der Waals surface area contributed by atoms with E-state index in [4.69, 9.17) is 0 Å². The van der Waals surface area contributed by atoms with Crippen LogP contribution in [0.2, 0.25) is 0 Å². The molecule has 0 radical (unpaired) electrons. The maximum atomic E-state index is 13.5. The highest BCUT2D eigenvalue weighted by atomic mass is 19.3. The summed E-state index contributed by atoms with van der Waals surface area (Å²) in [5.41, 5.74) is 0.781. The monoisotopic (exact) mass is 338 g/mol. The van der Waals surface area contributed by atoms with Crippen LogP contribution in [0.25, 0.3) is 0 Å². The minimum Gasteiger partial charge on any atom is -0.465 e. The van der Waals surface area contributed by atoms with Crippen molar-refractivity contribution in [1.82, 2.24) is 10.6 Å². The van der Waals surface area contributed by atoms with Crippen molar-refractivity contribution in [2.75, 3.05) is 13.7 Å². The summed E-state index contributed by atoms with van der Waals surface area (Å²) < 4.78 is 31.6. The van der Waals surface area contributed by atoms with Crippen LogP contribution in [-0.4, -0.2) is 37.5 Å². The van der Waals surface area contributed by atoms with Crippen molar-refractivity contribution in [3.63, 3.8) is 0 Å². The molecule has 1 amide bonds. The Morgan fingerprint density at radius 2 is 1.88 bits per heavy atom. The number of benzene rings is 1. The number of esters is 1. The van der Waals surface area contributed by atoms with E-state index < -0.39 is 35.8 Å². The van der Waals surface area contributed by atoms with Gasteiger partial charge in [0.2, 0.25) is 5.91 Å². The average Bonchev–Trinajstić information content (AvgIpc) is 3.34. The molecule has 24 heavy (non-hydrogen) atoms. The highest BCUT2D eigenvalue weighted by molar-refractivity contribution is 5.89. The van der Waals surface area contributed by atoms with E-state index in [1.807, 2.05) is 0 Å². The molecule has 1 aromatic rings. The summed E-state index contributed by atoms with van der Waals surface area (Å²) in [4.78, 5) is 23.8. The van der Waals surface area contributed by atoms with Crippen LogP contribution in [0.5, 0.6) is 0 Å². The van der Waals surface area contributed by atoms with Crippen molar-refractivity contribution in [3.8, 4) is 0 Å². The third kappa shape index (κ3) is 3.40. The number of rotatable bonds is 4. The summed E-state index contributed by atoms with van der Waals surface area (Å²) in [6.07, 6.45) is 0.784. The summed E-state index contributed by atoms with van der Waals surface area (Å²) in [5.74, 6) is -3.63. The molecule has 0 aromatic heterocycles. The van der Waals surface area contributed by atoms with Crippen molar-refractivity contribution in [1.29, 1.82) is 0 Å². The first kappa shape index (κ1) is 16.8. The SMILES string of the molecule is COC(=O)c1ccc(C2(NC(=O)C3CC(F)(F)CCN3)CC2)cc1. The fraction of sp³-hybridized carbons (Fsp3) is 0.529. The number of carbonyl (C=O) groups is 2. The standard InChI is InChI=1S/C17H20F2N2O3/c1-24-15(23)11-2-4-12(5-3-11)16(6-7-16)21-14(22)13-10-17(18,19)8-9-20-13/h2-5,13,20H,6-10H2,1H3,(H,21,22). The van der Waals surface area contributed by atoms with E-state index in [1.54, 1.807) is 24.3 Å². The molecule has 1 unspecified atom stereocenters. The molecule has 0 bridgehead atoms. The van der Waals surface area contributed by atoms with E-state index in [-0.39, 0.29) is 13.0 Å². The zero-order chi connectivity index (χ0) is 17.4. The second kappa shape index (κ2) is 6.12. The third-order valence-corrected chi connectivity index (χ3v) is 4.67. The number of halogens is 2. The molecule has 1 saturated heterocycles. The number of carbonyl (C=O) groups excluding carboxylic acids is 2. The summed E-state index contributed by atoms with van der Waals surface area (Å²) in [7, 11) is 1.31. The molecule has 1 aliphatic carbocycles. The first-order valence-corrected chi connectivity index (χ1v) is 7.97. The lowest BCUT2D eigenvalue weighted by atomic mass is 9.98. The predicted molar refractivity (Wildman–Crippen MR) is 82.8 cm³/mol. The number of piperidine rings is 1. The molecule has 1 atom stereocenters. The first-order valence-electron chi connectivity index (χ1n) is 7.97. The molecule has 7 heteroatoms. The van der Waals surface area contributed by atoms with E-state index in [9.17, 15) is 18.4 Å². The van der Waals surface area contributed by atoms with Crippen LogP contribution in [0.4, 0.5) is 8.78 Å². The van der Waals surface area contributed by atoms with Crippen LogP contribution in [-0.2, 0) is 15.1 Å². The molecule has 5 nitrogen and oxygen atoms in total. The molecule has 2 aliphatic rings.